The summed E-state index contributed by atoms with van der Waals surface area (Å²) in [5, 5.41) is 16.4. The molecule has 0 aliphatic heterocycles. The van der Waals surface area contributed by atoms with Crippen LogP contribution in [0, 0.1) is 0 Å². The van der Waals surface area contributed by atoms with Crippen molar-refractivity contribution in [3.05, 3.63) is 0 Å². The van der Waals surface area contributed by atoms with Gasteiger partial charge in [0, 0.05) is 5.75 Å². The summed E-state index contributed by atoms with van der Waals surface area (Å²) < 4.78 is 41.6. The van der Waals surface area contributed by atoms with Crippen LogP contribution in [0.2, 0.25) is 0 Å². The van der Waals surface area contributed by atoms with E-state index in [1.807, 2.05) is 0 Å². The zero-order chi connectivity index (χ0) is 10.2. The molecule has 0 rings (SSSR count). The molecule has 0 radical (unpaired) electrons. The molecule has 1 unspecified atom stereocenters. The number of thiol groups is 1. The van der Waals surface area contributed by atoms with Gasteiger partial charge in [0.2, 0.25) is 0 Å². The van der Waals surface area contributed by atoms with Crippen molar-refractivity contribution in [1.29, 1.82) is 0 Å². The molecule has 13 heavy (non-hydrogen) atoms. The van der Waals surface area contributed by atoms with Gasteiger partial charge < -0.3 is 10.2 Å². The van der Waals surface area contributed by atoms with Gasteiger partial charge in [-0.2, -0.15) is 25.8 Å². The van der Waals surface area contributed by atoms with Crippen LogP contribution >= 0.6 is 12.6 Å². The Labute approximate surface area is 101 Å². The van der Waals surface area contributed by atoms with Gasteiger partial charge in [0.05, 0.1) is 12.7 Å². The first-order valence-electron chi connectivity index (χ1n) is 2.89. The summed E-state index contributed by atoms with van der Waals surface area (Å²) in [5.41, 5.74) is 0. The molecule has 0 aromatic rings. The predicted molar refractivity (Wildman–Crippen MR) is 46.1 cm³/mol. The fourth-order valence-corrected chi connectivity index (χ4v) is 0.173. The Morgan fingerprint density at radius 2 is 1.62 bits per heavy atom. The molecular formula is C5H11F4NaO2S. The van der Waals surface area contributed by atoms with E-state index in [1.165, 1.54) is 0 Å². The Kier molecular flexibility index (Phi) is 16.6. The first-order valence-corrected chi connectivity index (χ1v) is 3.53. The number of aliphatic hydroxyl groups excluding tert-OH is 2. The van der Waals surface area contributed by atoms with Crippen LogP contribution in [0.3, 0.4) is 0 Å². The molecule has 0 fully saturated rings. The fourth-order valence-electron chi connectivity index (χ4n) is 0.0577. The standard InChI is InChI=1S/C3H8O2S.C2H2F4.Na.H/c4-1-3(5)2-6;3-1-2(4,5)6;;/h3-6H,1-2H2;1H2;;. The van der Waals surface area contributed by atoms with Gasteiger partial charge in [-0.3, -0.25) is 0 Å². The van der Waals surface area contributed by atoms with Crippen LogP contribution in [0.15, 0.2) is 0 Å². The fraction of sp³-hybridized carbons (Fsp3) is 1.00. The van der Waals surface area contributed by atoms with Gasteiger partial charge in [-0.25, -0.2) is 4.39 Å². The molecule has 0 aliphatic rings. The van der Waals surface area contributed by atoms with Gasteiger partial charge in [-0.15, -0.1) is 0 Å². The van der Waals surface area contributed by atoms with E-state index < -0.39 is 19.0 Å². The summed E-state index contributed by atoms with van der Waals surface area (Å²) in [6, 6.07) is 0. The molecule has 0 aromatic heterocycles. The average Bonchev–Trinajstić information content (AvgIpc) is 2.03. The Bertz CT molecular complexity index is 99.0. The van der Waals surface area contributed by atoms with Gasteiger partial charge in [-0.05, 0) is 0 Å². The van der Waals surface area contributed by atoms with Crippen LogP contribution in [-0.2, 0) is 0 Å². The van der Waals surface area contributed by atoms with Crippen molar-refractivity contribution in [1.82, 2.24) is 0 Å². The van der Waals surface area contributed by atoms with E-state index in [0.717, 1.165) is 0 Å². The molecular weight excluding hydrogens is 223 g/mol. The van der Waals surface area contributed by atoms with Crippen LogP contribution < -0.4 is 0 Å². The molecule has 0 bridgehead atoms. The van der Waals surface area contributed by atoms with E-state index in [9.17, 15) is 17.6 Å². The summed E-state index contributed by atoms with van der Waals surface area (Å²) in [6.07, 6.45) is -5.27. The van der Waals surface area contributed by atoms with Gasteiger partial charge in [0.15, 0.2) is 6.67 Å². The molecule has 0 amide bonds. The number of rotatable bonds is 2. The van der Waals surface area contributed by atoms with Crippen molar-refractivity contribution in [2.75, 3.05) is 19.0 Å². The molecule has 2 N–H and O–H groups in total. The quantitative estimate of drug-likeness (QED) is 0.361. The third-order valence-corrected chi connectivity index (χ3v) is 0.995. The van der Waals surface area contributed by atoms with E-state index in [4.69, 9.17) is 10.2 Å². The van der Waals surface area contributed by atoms with Crippen molar-refractivity contribution in [3.8, 4) is 0 Å². The molecule has 0 saturated heterocycles. The van der Waals surface area contributed by atoms with Crippen LogP contribution in [0.5, 0.6) is 0 Å². The van der Waals surface area contributed by atoms with Crippen LogP contribution in [-0.4, -0.2) is 71.1 Å². The van der Waals surface area contributed by atoms with E-state index in [0.29, 0.717) is 5.75 Å². The normalized spacial score (nSPS) is 12.2. The Hall–Kier alpha value is 0.990. The van der Waals surface area contributed by atoms with E-state index in [2.05, 4.69) is 12.6 Å². The second kappa shape index (κ2) is 11.1. The average molecular weight is 234 g/mol. The molecule has 1 atom stereocenters. The molecule has 0 aromatic carbocycles. The predicted octanol–water partition coefficient (Wildman–Crippen LogP) is 0.139. The first-order chi connectivity index (χ1) is 5.37. The summed E-state index contributed by atoms with van der Waals surface area (Å²) in [4.78, 5) is 0. The third kappa shape index (κ3) is 24.6. The van der Waals surface area contributed by atoms with E-state index in [-0.39, 0.29) is 36.2 Å². The van der Waals surface area contributed by atoms with Crippen molar-refractivity contribution in [2.24, 2.45) is 0 Å². The minimum absolute atomic E-state index is 0. The zero-order valence-corrected chi connectivity index (χ0v) is 6.95. The molecule has 0 aliphatic carbocycles. The van der Waals surface area contributed by atoms with Crippen LogP contribution in [0.4, 0.5) is 17.6 Å². The number of hydrogen-bond acceptors (Lipinski definition) is 3. The topological polar surface area (TPSA) is 40.5 Å². The second-order valence-corrected chi connectivity index (χ2v) is 2.13. The van der Waals surface area contributed by atoms with Gasteiger partial charge in [-0.1, -0.05) is 0 Å². The van der Waals surface area contributed by atoms with Gasteiger partial charge in [0.25, 0.3) is 0 Å². The van der Waals surface area contributed by atoms with Gasteiger partial charge in [0.1, 0.15) is 0 Å². The molecule has 8 heteroatoms. The Morgan fingerprint density at radius 1 is 1.31 bits per heavy atom. The van der Waals surface area contributed by atoms with Crippen LogP contribution in [0.25, 0.3) is 0 Å². The Balaban J connectivity index is -0.000000143. The van der Waals surface area contributed by atoms with Crippen molar-refractivity contribution >= 4 is 42.2 Å². The molecule has 0 heterocycles. The first kappa shape index (κ1) is 19.5. The second-order valence-electron chi connectivity index (χ2n) is 1.77. The number of halogens is 4. The maximum absolute atomic E-state index is 10.4. The van der Waals surface area contributed by atoms with Gasteiger partial charge >= 0.3 is 35.7 Å². The molecule has 2 nitrogen and oxygen atoms in total. The number of aliphatic hydroxyl groups is 2. The summed E-state index contributed by atoms with van der Waals surface area (Å²) in [5.74, 6) is 0.330. The monoisotopic (exact) mass is 234 g/mol. The van der Waals surface area contributed by atoms with E-state index >= 15 is 0 Å². The van der Waals surface area contributed by atoms with Crippen molar-refractivity contribution < 1.29 is 27.8 Å². The Morgan fingerprint density at radius 3 is 1.62 bits per heavy atom. The minimum atomic E-state index is -4.62. The maximum atomic E-state index is 10.4. The van der Waals surface area contributed by atoms with Crippen molar-refractivity contribution in [3.63, 3.8) is 0 Å². The zero-order valence-electron chi connectivity index (χ0n) is 6.05. The number of alkyl halides is 4. The number of hydrogen-bond donors (Lipinski definition) is 3. The molecule has 78 valence electrons. The van der Waals surface area contributed by atoms with Crippen LogP contribution in [0.1, 0.15) is 0 Å². The summed E-state index contributed by atoms with van der Waals surface area (Å²) >= 11 is 3.69. The van der Waals surface area contributed by atoms with Crippen molar-refractivity contribution in [2.45, 2.75) is 12.3 Å². The third-order valence-electron chi connectivity index (χ3n) is 0.573. The summed E-state index contributed by atoms with van der Waals surface area (Å²) in [7, 11) is 0. The summed E-state index contributed by atoms with van der Waals surface area (Å²) in [6.45, 7) is -2.42. The van der Waals surface area contributed by atoms with E-state index in [1.54, 1.807) is 0 Å². The SMILES string of the molecule is FCC(F)(F)F.OCC(O)CS.[NaH]. The molecule has 0 spiro atoms. The molecule has 0 saturated carbocycles.